The molecular formula is C17H27NO2. The summed E-state index contributed by atoms with van der Waals surface area (Å²) in [4.78, 5) is 0. The molecule has 1 saturated heterocycles. The first-order chi connectivity index (χ1) is 9.69. The highest BCUT2D eigenvalue weighted by Crippen LogP contribution is 2.37. The van der Waals surface area contributed by atoms with E-state index in [1.807, 2.05) is 0 Å². The van der Waals surface area contributed by atoms with Crippen LogP contribution in [0, 0.1) is 0 Å². The summed E-state index contributed by atoms with van der Waals surface area (Å²) in [5.41, 5.74) is 1.18. The Morgan fingerprint density at radius 3 is 2.60 bits per heavy atom. The molecule has 3 heteroatoms. The number of rotatable bonds is 7. The molecule has 1 aliphatic heterocycles. The van der Waals surface area contributed by atoms with E-state index in [0.29, 0.717) is 0 Å². The van der Waals surface area contributed by atoms with Gasteiger partial charge in [0.2, 0.25) is 0 Å². The zero-order valence-electron chi connectivity index (χ0n) is 12.9. The van der Waals surface area contributed by atoms with E-state index in [4.69, 9.17) is 9.47 Å². The van der Waals surface area contributed by atoms with E-state index in [1.165, 1.54) is 5.56 Å². The van der Waals surface area contributed by atoms with Crippen LogP contribution in [-0.2, 0) is 4.74 Å². The third kappa shape index (κ3) is 3.53. The molecule has 3 nitrogen and oxygen atoms in total. The predicted molar refractivity (Wildman–Crippen MR) is 82.2 cm³/mol. The highest BCUT2D eigenvalue weighted by atomic mass is 16.5. The van der Waals surface area contributed by atoms with Crippen LogP contribution in [0.15, 0.2) is 24.3 Å². The summed E-state index contributed by atoms with van der Waals surface area (Å²) in [7, 11) is 0. The summed E-state index contributed by atoms with van der Waals surface area (Å²) in [6.45, 7) is 9.07. The van der Waals surface area contributed by atoms with Gasteiger partial charge in [0.25, 0.3) is 0 Å². The average molecular weight is 277 g/mol. The smallest absolute Gasteiger partial charge is 0.119 e. The van der Waals surface area contributed by atoms with Crippen molar-refractivity contribution in [2.24, 2.45) is 0 Å². The summed E-state index contributed by atoms with van der Waals surface area (Å²) in [6, 6.07) is 8.69. The highest BCUT2D eigenvalue weighted by molar-refractivity contribution is 5.31. The maximum atomic E-state index is 6.01. The molecule has 1 aliphatic rings. The first-order valence-corrected chi connectivity index (χ1v) is 7.79. The maximum Gasteiger partial charge on any atom is 0.119 e. The first-order valence-electron chi connectivity index (χ1n) is 7.79. The minimum absolute atomic E-state index is 0.0954. The molecule has 0 saturated carbocycles. The van der Waals surface area contributed by atoms with Gasteiger partial charge in [-0.25, -0.2) is 0 Å². The lowest BCUT2D eigenvalue weighted by atomic mass is 9.87. The monoisotopic (exact) mass is 277 g/mol. The molecular weight excluding hydrogens is 250 g/mol. The van der Waals surface area contributed by atoms with E-state index in [2.05, 4.69) is 50.4 Å². The van der Waals surface area contributed by atoms with Crippen molar-refractivity contribution >= 4 is 0 Å². The molecule has 0 amide bonds. The summed E-state index contributed by atoms with van der Waals surface area (Å²) >= 11 is 0. The first kappa shape index (κ1) is 15.3. The van der Waals surface area contributed by atoms with Gasteiger partial charge in [0.15, 0.2) is 0 Å². The minimum atomic E-state index is -0.0954. The number of hydrogen-bond acceptors (Lipinski definition) is 3. The van der Waals surface area contributed by atoms with Gasteiger partial charge in [0.05, 0.1) is 18.2 Å². The second kappa shape index (κ2) is 7.09. The van der Waals surface area contributed by atoms with E-state index in [1.54, 1.807) is 0 Å². The predicted octanol–water partition coefficient (Wildman–Crippen LogP) is 3.70. The summed E-state index contributed by atoms with van der Waals surface area (Å²) in [5, 5.41) is 3.58. The van der Waals surface area contributed by atoms with Crippen LogP contribution in [-0.4, -0.2) is 25.4 Å². The quantitative estimate of drug-likeness (QED) is 0.824. The van der Waals surface area contributed by atoms with Crippen molar-refractivity contribution in [2.75, 3.05) is 19.8 Å². The van der Waals surface area contributed by atoms with Crippen LogP contribution in [0.5, 0.6) is 5.75 Å². The Kier molecular flexibility index (Phi) is 5.44. The molecule has 1 fully saturated rings. The SMILES string of the molecule is CCCOc1ccc(C(NCC)C2(C)CCCO2)cc1. The van der Waals surface area contributed by atoms with Crippen LogP contribution in [0.3, 0.4) is 0 Å². The Balaban J connectivity index is 2.12. The molecule has 0 radical (unpaired) electrons. The van der Waals surface area contributed by atoms with Crippen LogP contribution >= 0.6 is 0 Å². The van der Waals surface area contributed by atoms with Crippen LogP contribution < -0.4 is 10.1 Å². The second-order valence-electron chi connectivity index (χ2n) is 5.67. The summed E-state index contributed by atoms with van der Waals surface area (Å²) in [5.74, 6) is 0.948. The summed E-state index contributed by atoms with van der Waals surface area (Å²) < 4.78 is 11.7. The fraction of sp³-hybridized carbons (Fsp3) is 0.647. The third-order valence-corrected chi connectivity index (χ3v) is 3.95. The number of likely N-dealkylation sites (N-methyl/N-ethyl adjacent to an activating group) is 1. The molecule has 0 aliphatic carbocycles. The average Bonchev–Trinajstić information content (AvgIpc) is 2.91. The molecule has 1 aromatic rings. The highest BCUT2D eigenvalue weighted by Gasteiger charge is 2.38. The van der Waals surface area contributed by atoms with Crippen molar-refractivity contribution in [2.45, 2.75) is 51.7 Å². The molecule has 0 aromatic heterocycles. The van der Waals surface area contributed by atoms with Gasteiger partial charge in [-0.15, -0.1) is 0 Å². The van der Waals surface area contributed by atoms with Crippen molar-refractivity contribution in [3.05, 3.63) is 29.8 Å². The van der Waals surface area contributed by atoms with Crippen molar-refractivity contribution in [1.82, 2.24) is 5.32 Å². The van der Waals surface area contributed by atoms with E-state index in [0.717, 1.165) is 44.8 Å². The van der Waals surface area contributed by atoms with E-state index in [9.17, 15) is 0 Å². The molecule has 2 atom stereocenters. The Bertz CT molecular complexity index is 396. The largest absolute Gasteiger partial charge is 0.494 e. The van der Waals surface area contributed by atoms with Gasteiger partial charge in [-0.3, -0.25) is 0 Å². The molecule has 1 N–H and O–H groups in total. The van der Waals surface area contributed by atoms with Crippen LogP contribution in [0.4, 0.5) is 0 Å². The zero-order chi connectivity index (χ0) is 14.4. The van der Waals surface area contributed by atoms with Gasteiger partial charge < -0.3 is 14.8 Å². The second-order valence-corrected chi connectivity index (χ2v) is 5.67. The van der Waals surface area contributed by atoms with Crippen molar-refractivity contribution < 1.29 is 9.47 Å². The molecule has 2 rings (SSSR count). The van der Waals surface area contributed by atoms with E-state index >= 15 is 0 Å². The Labute approximate surface area is 122 Å². The standard InChI is InChI=1S/C17H27NO2/c1-4-12-19-15-9-7-14(8-10-15)16(18-5-2)17(3)11-6-13-20-17/h7-10,16,18H,4-6,11-13H2,1-3H3. The lowest BCUT2D eigenvalue weighted by molar-refractivity contribution is -0.0121. The molecule has 112 valence electrons. The van der Waals surface area contributed by atoms with Gasteiger partial charge in [-0.2, -0.15) is 0 Å². The van der Waals surface area contributed by atoms with Crippen LogP contribution in [0.1, 0.15) is 51.6 Å². The number of ether oxygens (including phenoxy) is 2. The molecule has 2 unspecified atom stereocenters. The third-order valence-electron chi connectivity index (χ3n) is 3.95. The van der Waals surface area contributed by atoms with E-state index in [-0.39, 0.29) is 11.6 Å². The molecule has 1 heterocycles. The number of nitrogens with one attached hydrogen (secondary N) is 1. The number of benzene rings is 1. The van der Waals surface area contributed by atoms with Gasteiger partial charge in [0, 0.05) is 6.61 Å². The van der Waals surface area contributed by atoms with Gasteiger partial charge >= 0.3 is 0 Å². The topological polar surface area (TPSA) is 30.5 Å². The molecule has 20 heavy (non-hydrogen) atoms. The van der Waals surface area contributed by atoms with Gasteiger partial charge in [0.1, 0.15) is 5.75 Å². The van der Waals surface area contributed by atoms with Crippen LogP contribution in [0.2, 0.25) is 0 Å². The van der Waals surface area contributed by atoms with E-state index < -0.39 is 0 Å². The molecule has 0 spiro atoms. The Morgan fingerprint density at radius 1 is 1.30 bits per heavy atom. The zero-order valence-corrected chi connectivity index (χ0v) is 12.9. The fourth-order valence-corrected chi connectivity index (χ4v) is 2.90. The van der Waals surface area contributed by atoms with Crippen molar-refractivity contribution in [3.63, 3.8) is 0 Å². The van der Waals surface area contributed by atoms with Gasteiger partial charge in [-0.05, 0) is 50.4 Å². The van der Waals surface area contributed by atoms with Crippen molar-refractivity contribution in [3.8, 4) is 5.75 Å². The van der Waals surface area contributed by atoms with Crippen LogP contribution in [0.25, 0.3) is 0 Å². The fourth-order valence-electron chi connectivity index (χ4n) is 2.90. The molecule has 0 bridgehead atoms. The van der Waals surface area contributed by atoms with Crippen molar-refractivity contribution in [1.29, 1.82) is 0 Å². The molecule has 1 aromatic carbocycles. The lowest BCUT2D eigenvalue weighted by Gasteiger charge is -2.34. The van der Waals surface area contributed by atoms with Gasteiger partial charge in [-0.1, -0.05) is 26.0 Å². The maximum absolute atomic E-state index is 6.01. The lowest BCUT2D eigenvalue weighted by Crippen LogP contribution is -2.41. The number of hydrogen-bond donors (Lipinski definition) is 1. The normalized spacial score (nSPS) is 23.8. The Hall–Kier alpha value is -1.06. The Morgan fingerprint density at radius 2 is 2.05 bits per heavy atom. The summed E-state index contributed by atoms with van der Waals surface area (Å²) in [6.07, 6.45) is 3.29. The minimum Gasteiger partial charge on any atom is -0.494 e.